The molecule has 4 heterocycles. The lowest BCUT2D eigenvalue weighted by atomic mass is 9.92. The average Bonchev–Trinajstić information content (AvgIpc) is 3.27. The van der Waals surface area contributed by atoms with E-state index >= 15 is 0 Å². The standard InChI is InChI=1S/C26H33FN8O/c1-17-29-22(18-8-10-33(2)11-9-18)24(30-17)23-21(27)16-28-26(32-23)31-20-6-4-19(5-7-20)25(36)35-14-12-34(3)13-15-35/h4-7,16,18H,8-15H2,1-3H3,(H,29,30)(H,28,31,32). The van der Waals surface area contributed by atoms with Crippen molar-refractivity contribution in [2.75, 3.05) is 58.7 Å². The lowest BCUT2D eigenvalue weighted by Crippen LogP contribution is -2.47. The maximum atomic E-state index is 14.9. The van der Waals surface area contributed by atoms with Crippen LogP contribution in [0.25, 0.3) is 11.4 Å². The molecule has 0 unspecified atom stereocenters. The molecule has 0 saturated carbocycles. The van der Waals surface area contributed by atoms with Gasteiger partial charge < -0.3 is 25.0 Å². The van der Waals surface area contributed by atoms with Gasteiger partial charge in [0.25, 0.3) is 5.91 Å². The third kappa shape index (κ3) is 5.24. The smallest absolute Gasteiger partial charge is 0.253 e. The van der Waals surface area contributed by atoms with E-state index in [4.69, 9.17) is 0 Å². The minimum atomic E-state index is -0.505. The summed E-state index contributed by atoms with van der Waals surface area (Å²) in [5, 5.41) is 3.14. The monoisotopic (exact) mass is 492 g/mol. The number of halogens is 1. The van der Waals surface area contributed by atoms with Gasteiger partial charge in [-0.25, -0.2) is 19.3 Å². The zero-order valence-electron chi connectivity index (χ0n) is 21.1. The Morgan fingerprint density at radius 3 is 2.33 bits per heavy atom. The molecule has 0 aliphatic carbocycles. The van der Waals surface area contributed by atoms with Gasteiger partial charge in [-0.1, -0.05) is 0 Å². The highest BCUT2D eigenvalue weighted by Gasteiger charge is 2.26. The molecule has 9 nitrogen and oxygen atoms in total. The lowest BCUT2D eigenvalue weighted by Gasteiger charge is -2.32. The summed E-state index contributed by atoms with van der Waals surface area (Å²) >= 11 is 0. The molecule has 2 aromatic heterocycles. The first-order chi connectivity index (χ1) is 17.4. The van der Waals surface area contributed by atoms with Crippen LogP contribution in [0.1, 0.15) is 40.6 Å². The number of likely N-dealkylation sites (N-methyl/N-ethyl adjacent to an activating group) is 1. The van der Waals surface area contributed by atoms with Gasteiger partial charge in [0.1, 0.15) is 17.2 Å². The topological polar surface area (TPSA) is 93.3 Å². The number of benzene rings is 1. The Kier molecular flexibility index (Phi) is 6.97. The molecule has 2 fully saturated rings. The number of piperazine rings is 1. The number of aryl methyl sites for hydroxylation is 1. The van der Waals surface area contributed by atoms with Crippen LogP contribution in [-0.4, -0.2) is 93.9 Å². The van der Waals surface area contributed by atoms with Gasteiger partial charge in [0.05, 0.1) is 6.20 Å². The largest absolute Gasteiger partial charge is 0.345 e. The number of hydrogen-bond acceptors (Lipinski definition) is 7. The number of rotatable bonds is 5. The van der Waals surface area contributed by atoms with Crippen LogP contribution in [0.5, 0.6) is 0 Å². The number of imidazole rings is 1. The quantitative estimate of drug-likeness (QED) is 0.565. The van der Waals surface area contributed by atoms with Crippen molar-refractivity contribution in [3.8, 4) is 11.4 Å². The van der Waals surface area contributed by atoms with E-state index in [1.54, 1.807) is 12.1 Å². The summed E-state index contributed by atoms with van der Waals surface area (Å²) in [5.41, 5.74) is 3.04. The summed E-state index contributed by atoms with van der Waals surface area (Å²) in [6.07, 6.45) is 3.16. The number of H-pyrrole nitrogens is 1. The maximum Gasteiger partial charge on any atom is 0.253 e. The number of piperidine rings is 1. The zero-order chi connectivity index (χ0) is 25.2. The third-order valence-corrected chi connectivity index (χ3v) is 7.12. The SMILES string of the molecule is Cc1nc(-c2nc(Nc3ccc(C(=O)N4CCN(C)CC4)cc3)ncc2F)c(C2CCN(C)CC2)[nH]1. The highest BCUT2D eigenvalue weighted by Crippen LogP contribution is 2.34. The fourth-order valence-corrected chi connectivity index (χ4v) is 4.89. The Balaban J connectivity index is 1.33. The molecule has 5 rings (SSSR count). The van der Waals surface area contributed by atoms with E-state index in [1.165, 1.54) is 6.20 Å². The highest BCUT2D eigenvalue weighted by molar-refractivity contribution is 5.94. The first-order valence-corrected chi connectivity index (χ1v) is 12.5. The van der Waals surface area contributed by atoms with Gasteiger partial charge in [-0.15, -0.1) is 0 Å². The van der Waals surface area contributed by atoms with E-state index in [-0.39, 0.29) is 23.5 Å². The van der Waals surface area contributed by atoms with Crippen molar-refractivity contribution in [2.24, 2.45) is 0 Å². The first-order valence-electron chi connectivity index (χ1n) is 12.5. The second-order valence-corrected chi connectivity index (χ2v) is 9.85. The third-order valence-electron chi connectivity index (χ3n) is 7.12. The average molecular weight is 493 g/mol. The summed E-state index contributed by atoms with van der Waals surface area (Å²) < 4.78 is 14.9. The number of amides is 1. The molecular weight excluding hydrogens is 459 g/mol. The van der Waals surface area contributed by atoms with Gasteiger partial charge >= 0.3 is 0 Å². The van der Waals surface area contributed by atoms with E-state index in [9.17, 15) is 9.18 Å². The van der Waals surface area contributed by atoms with Gasteiger partial charge in [0, 0.05) is 49.0 Å². The molecule has 3 aromatic rings. The van der Waals surface area contributed by atoms with Crippen molar-refractivity contribution < 1.29 is 9.18 Å². The summed E-state index contributed by atoms with van der Waals surface area (Å²) in [5.74, 6) is 0.833. The van der Waals surface area contributed by atoms with E-state index in [2.05, 4.69) is 49.1 Å². The van der Waals surface area contributed by atoms with Crippen molar-refractivity contribution >= 4 is 17.5 Å². The van der Waals surface area contributed by atoms with Gasteiger partial charge in [0.2, 0.25) is 5.95 Å². The number of anilines is 2. The Hall–Kier alpha value is -3.37. The predicted molar refractivity (Wildman–Crippen MR) is 137 cm³/mol. The maximum absolute atomic E-state index is 14.9. The number of nitrogens with one attached hydrogen (secondary N) is 2. The van der Waals surface area contributed by atoms with Crippen molar-refractivity contribution in [3.63, 3.8) is 0 Å². The van der Waals surface area contributed by atoms with Crippen LogP contribution >= 0.6 is 0 Å². The molecule has 0 spiro atoms. The van der Waals surface area contributed by atoms with E-state index in [1.807, 2.05) is 24.0 Å². The molecule has 2 aliphatic rings. The van der Waals surface area contributed by atoms with Crippen molar-refractivity contribution in [1.29, 1.82) is 0 Å². The summed E-state index contributed by atoms with van der Waals surface area (Å²) in [4.78, 5) is 35.8. The molecule has 1 aromatic carbocycles. The second-order valence-electron chi connectivity index (χ2n) is 9.85. The number of aromatic nitrogens is 4. The van der Waals surface area contributed by atoms with Crippen LogP contribution in [0.15, 0.2) is 30.5 Å². The number of carbonyl (C=O) groups is 1. The van der Waals surface area contributed by atoms with Gasteiger partial charge in [0.15, 0.2) is 5.82 Å². The molecule has 10 heteroatoms. The molecule has 2 aliphatic heterocycles. The molecule has 1 amide bonds. The van der Waals surface area contributed by atoms with Crippen LogP contribution in [0, 0.1) is 12.7 Å². The Morgan fingerprint density at radius 1 is 0.972 bits per heavy atom. The van der Waals surface area contributed by atoms with Crippen LogP contribution in [0.4, 0.5) is 16.0 Å². The van der Waals surface area contributed by atoms with E-state index < -0.39 is 5.82 Å². The summed E-state index contributed by atoms with van der Waals surface area (Å²) in [6, 6.07) is 7.22. The zero-order valence-corrected chi connectivity index (χ0v) is 21.1. The summed E-state index contributed by atoms with van der Waals surface area (Å²) in [6.45, 7) is 7.09. The van der Waals surface area contributed by atoms with Crippen LogP contribution in [0.3, 0.4) is 0 Å². The lowest BCUT2D eigenvalue weighted by molar-refractivity contribution is 0.0664. The molecule has 0 radical (unpaired) electrons. The first kappa shape index (κ1) is 24.3. The van der Waals surface area contributed by atoms with Gasteiger partial charge in [-0.05, 0) is 71.2 Å². The predicted octanol–water partition coefficient (Wildman–Crippen LogP) is 3.25. The minimum Gasteiger partial charge on any atom is -0.345 e. The highest BCUT2D eigenvalue weighted by atomic mass is 19.1. The number of likely N-dealkylation sites (tertiary alicyclic amines) is 1. The van der Waals surface area contributed by atoms with Crippen LogP contribution < -0.4 is 5.32 Å². The van der Waals surface area contributed by atoms with Crippen LogP contribution in [-0.2, 0) is 0 Å². The number of aromatic amines is 1. The Labute approximate surface area is 210 Å². The number of nitrogens with zero attached hydrogens (tertiary/aromatic N) is 6. The molecule has 0 atom stereocenters. The minimum absolute atomic E-state index is 0.0327. The number of hydrogen-bond donors (Lipinski definition) is 2. The Bertz CT molecular complexity index is 1210. The summed E-state index contributed by atoms with van der Waals surface area (Å²) in [7, 11) is 4.18. The van der Waals surface area contributed by atoms with Crippen molar-refractivity contribution in [2.45, 2.75) is 25.7 Å². The van der Waals surface area contributed by atoms with Gasteiger partial charge in [-0.3, -0.25) is 4.79 Å². The molecule has 2 N–H and O–H groups in total. The molecule has 2 saturated heterocycles. The fraction of sp³-hybridized carbons (Fsp3) is 0.462. The van der Waals surface area contributed by atoms with E-state index in [0.717, 1.165) is 69.3 Å². The van der Waals surface area contributed by atoms with Crippen molar-refractivity contribution in [1.82, 2.24) is 34.6 Å². The molecular formula is C26H33FN8O. The van der Waals surface area contributed by atoms with Gasteiger partial charge in [-0.2, -0.15) is 0 Å². The second kappa shape index (κ2) is 10.3. The van der Waals surface area contributed by atoms with Crippen LogP contribution in [0.2, 0.25) is 0 Å². The van der Waals surface area contributed by atoms with E-state index in [0.29, 0.717) is 11.3 Å². The fourth-order valence-electron chi connectivity index (χ4n) is 4.89. The van der Waals surface area contributed by atoms with Crippen molar-refractivity contribution in [3.05, 3.63) is 53.4 Å². The normalized spacial score (nSPS) is 17.9. The molecule has 0 bridgehead atoms. The number of carbonyl (C=O) groups excluding carboxylic acids is 1. The Morgan fingerprint density at radius 2 is 1.64 bits per heavy atom. The molecule has 36 heavy (non-hydrogen) atoms. The molecule has 190 valence electrons.